The molecule has 0 bridgehead atoms. The summed E-state index contributed by atoms with van der Waals surface area (Å²) in [5.74, 6) is -3.18. The van der Waals surface area contributed by atoms with Crippen molar-refractivity contribution in [3.05, 3.63) is 65.7 Å². The van der Waals surface area contributed by atoms with E-state index in [0.717, 1.165) is 11.1 Å². The van der Waals surface area contributed by atoms with Crippen LogP contribution >= 0.6 is 0 Å². The minimum Gasteiger partial charge on any atom is -0.508 e. The summed E-state index contributed by atoms with van der Waals surface area (Å²) < 4.78 is 0. The molecule has 14 heteroatoms. The number of phenols is 1. The molecule has 0 fully saturated rings. The van der Waals surface area contributed by atoms with Crippen molar-refractivity contribution >= 4 is 29.7 Å². The number of carboxylic acid groups (broad SMARTS) is 1. The summed E-state index contributed by atoms with van der Waals surface area (Å²) in [4.78, 5) is 55.6. The Morgan fingerprint density at radius 3 is 1.91 bits per heavy atom. The van der Waals surface area contributed by atoms with Gasteiger partial charge in [0.05, 0.1) is 6.04 Å². The normalized spacial score (nSPS) is 13.5. The maximum atomic E-state index is 13.6. The van der Waals surface area contributed by atoms with Gasteiger partial charge in [0.1, 0.15) is 23.9 Å². The predicted octanol–water partition coefficient (Wildman–Crippen LogP) is -0.774. The molecule has 0 heterocycles. The van der Waals surface area contributed by atoms with Gasteiger partial charge in [-0.25, -0.2) is 4.79 Å². The van der Waals surface area contributed by atoms with E-state index in [1.807, 2.05) is 6.07 Å². The Morgan fingerprint density at radius 2 is 1.30 bits per heavy atom. The molecule has 4 atom stereocenters. The second-order valence-corrected chi connectivity index (χ2v) is 10.4. The number of amides is 3. The predicted molar refractivity (Wildman–Crippen MR) is 166 cm³/mol. The monoisotopic (exact) mass is 612 g/mol. The van der Waals surface area contributed by atoms with Gasteiger partial charge in [-0.15, -0.1) is 0 Å². The highest BCUT2D eigenvalue weighted by molar-refractivity contribution is 5.94. The number of benzene rings is 2. The van der Waals surface area contributed by atoms with Crippen molar-refractivity contribution in [3.8, 4) is 5.75 Å². The van der Waals surface area contributed by atoms with E-state index in [2.05, 4.69) is 20.9 Å². The number of nitrogens with two attached hydrogens (primary N) is 4. The van der Waals surface area contributed by atoms with E-state index >= 15 is 0 Å². The van der Waals surface area contributed by atoms with Gasteiger partial charge in [-0.2, -0.15) is 0 Å². The van der Waals surface area contributed by atoms with Gasteiger partial charge in [0.25, 0.3) is 0 Å². The van der Waals surface area contributed by atoms with Gasteiger partial charge in [0.2, 0.25) is 17.7 Å². The maximum absolute atomic E-state index is 13.6. The number of phenolic OH excluding ortho intramolecular Hbond substituents is 1. The van der Waals surface area contributed by atoms with Gasteiger partial charge < -0.3 is 49.1 Å². The second-order valence-electron chi connectivity index (χ2n) is 10.4. The average Bonchev–Trinajstić information content (AvgIpc) is 2.99. The number of unbranched alkanes of at least 4 members (excludes halogenated alkanes) is 1. The third kappa shape index (κ3) is 13.1. The number of aliphatic carboxylic acids is 1. The first-order valence-electron chi connectivity index (χ1n) is 14.5. The van der Waals surface area contributed by atoms with Crippen LogP contribution in [-0.2, 0) is 32.0 Å². The van der Waals surface area contributed by atoms with Crippen LogP contribution in [0.5, 0.6) is 5.75 Å². The zero-order valence-electron chi connectivity index (χ0n) is 24.7. The Labute approximate surface area is 256 Å². The Bertz CT molecular complexity index is 1240. The molecule has 4 unspecified atom stereocenters. The number of nitrogens with zero attached hydrogens (tertiary/aromatic N) is 1. The fourth-order valence-corrected chi connectivity index (χ4v) is 4.38. The largest absolute Gasteiger partial charge is 0.508 e. The molecule has 0 saturated carbocycles. The Kier molecular flexibility index (Phi) is 15.1. The molecule has 0 aliphatic heterocycles. The van der Waals surface area contributed by atoms with Crippen molar-refractivity contribution in [2.75, 3.05) is 13.1 Å². The number of nitrogens with one attached hydrogen (secondary N) is 3. The first-order chi connectivity index (χ1) is 21.0. The van der Waals surface area contributed by atoms with Crippen LogP contribution in [0, 0.1) is 0 Å². The number of carbonyl (C=O) groups is 4. The van der Waals surface area contributed by atoms with Crippen LogP contribution in [0.15, 0.2) is 59.6 Å². The molecule has 0 saturated heterocycles. The number of rotatable bonds is 19. The van der Waals surface area contributed by atoms with E-state index in [1.165, 1.54) is 12.1 Å². The van der Waals surface area contributed by atoms with Gasteiger partial charge in [0, 0.05) is 13.0 Å². The van der Waals surface area contributed by atoms with Crippen LogP contribution in [0.3, 0.4) is 0 Å². The van der Waals surface area contributed by atoms with Crippen molar-refractivity contribution in [3.63, 3.8) is 0 Å². The van der Waals surface area contributed by atoms with Crippen molar-refractivity contribution in [2.24, 2.45) is 27.9 Å². The lowest BCUT2D eigenvalue weighted by atomic mass is 10.0. The van der Waals surface area contributed by atoms with Crippen LogP contribution < -0.4 is 38.9 Å². The highest BCUT2D eigenvalue weighted by Crippen LogP contribution is 2.12. The van der Waals surface area contributed by atoms with E-state index in [1.54, 1.807) is 36.4 Å². The molecule has 0 spiro atoms. The van der Waals surface area contributed by atoms with E-state index in [9.17, 15) is 29.4 Å². The maximum Gasteiger partial charge on any atom is 0.326 e. The standard InChI is InChI=1S/C30H44N8O6/c31-15-5-4-9-23(27(41)37-24(29(43)44)10-6-16-35-30(33)34)36-28(42)25(18-19-7-2-1-3-8-19)38-26(40)22(32)17-20-11-13-21(39)14-12-20/h1-3,7-8,11-14,22-25,39H,4-6,9-10,15-18,31-32H2,(H,36,42)(H,37,41)(H,38,40)(H,43,44)(H4,33,34,35). The molecular weight excluding hydrogens is 568 g/mol. The van der Waals surface area contributed by atoms with E-state index in [-0.39, 0.29) is 43.9 Å². The fraction of sp³-hybridized carbons (Fsp3) is 0.433. The molecule has 0 aromatic heterocycles. The van der Waals surface area contributed by atoms with E-state index in [0.29, 0.717) is 25.8 Å². The number of carbonyl (C=O) groups excluding carboxylic acids is 3. The van der Waals surface area contributed by atoms with Gasteiger partial charge >= 0.3 is 5.97 Å². The van der Waals surface area contributed by atoms with Crippen molar-refractivity contribution in [2.45, 2.75) is 69.1 Å². The number of guanidine groups is 1. The van der Waals surface area contributed by atoms with Gasteiger partial charge in [0.15, 0.2) is 5.96 Å². The lowest BCUT2D eigenvalue weighted by Gasteiger charge is -2.25. The topological polar surface area (TPSA) is 261 Å². The summed E-state index contributed by atoms with van der Waals surface area (Å²) in [5, 5.41) is 27.1. The van der Waals surface area contributed by atoms with Crippen LogP contribution in [0.1, 0.15) is 43.2 Å². The molecule has 14 nitrogen and oxygen atoms in total. The summed E-state index contributed by atoms with van der Waals surface area (Å²) in [7, 11) is 0. The van der Waals surface area contributed by atoms with Crippen LogP contribution in [-0.4, -0.2) is 77.1 Å². The summed E-state index contributed by atoms with van der Waals surface area (Å²) >= 11 is 0. The molecule has 0 radical (unpaired) electrons. The highest BCUT2D eigenvalue weighted by Gasteiger charge is 2.30. The first-order valence-corrected chi connectivity index (χ1v) is 14.5. The summed E-state index contributed by atoms with van der Waals surface area (Å²) in [6, 6.07) is 10.9. The van der Waals surface area contributed by atoms with Crippen molar-refractivity contribution in [1.82, 2.24) is 16.0 Å². The molecule has 2 aromatic rings. The van der Waals surface area contributed by atoms with Gasteiger partial charge in [-0.3, -0.25) is 19.4 Å². The Morgan fingerprint density at radius 1 is 0.727 bits per heavy atom. The molecule has 0 aliphatic rings. The van der Waals surface area contributed by atoms with Crippen LogP contribution in [0.2, 0.25) is 0 Å². The SMILES string of the molecule is NCCCCC(NC(=O)C(Cc1ccccc1)NC(=O)C(N)Cc1ccc(O)cc1)C(=O)NC(CCCN=C(N)N)C(=O)O. The lowest BCUT2D eigenvalue weighted by Crippen LogP contribution is -2.57. The number of carboxylic acids is 1. The number of hydrogen-bond donors (Lipinski definition) is 9. The smallest absolute Gasteiger partial charge is 0.326 e. The molecule has 2 aromatic carbocycles. The van der Waals surface area contributed by atoms with Crippen molar-refractivity contribution in [1.29, 1.82) is 0 Å². The molecule has 3 amide bonds. The molecule has 240 valence electrons. The zero-order chi connectivity index (χ0) is 32.5. The fourth-order valence-electron chi connectivity index (χ4n) is 4.38. The minimum atomic E-state index is -1.24. The summed E-state index contributed by atoms with van der Waals surface area (Å²) in [6.07, 6.45) is 1.91. The second kappa shape index (κ2) is 18.8. The van der Waals surface area contributed by atoms with E-state index < -0.39 is 47.9 Å². The zero-order valence-corrected chi connectivity index (χ0v) is 24.7. The van der Waals surface area contributed by atoms with Crippen molar-refractivity contribution < 1.29 is 29.4 Å². The Balaban J connectivity index is 2.19. The number of aliphatic imine (C=N–C) groups is 1. The highest BCUT2D eigenvalue weighted by atomic mass is 16.4. The number of hydrogen-bond acceptors (Lipinski definition) is 8. The quantitative estimate of drug-likeness (QED) is 0.0543. The average molecular weight is 613 g/mol. The lowest BCUT2D eigenvalue weighted by molar-refractivity contribution is -0.142. The minimum absolute atomic E-state index is 0.0624. The third-order valence-electron chi connectivity index (χ3n) is 6.78. The number of aromatic hydroxyl groups is 1. The van der Waals surface area contributed by atoms with Crippen LogP contribution in [0.25, 0.3) is 0 Å². The molecule has 0 aliphatic carbocycles. The van der Waals surface area contributed by atoms with Crippen LogP contribution in [0.4, 0.5) is 0 Å². The third-order valence-corrected chi connectivity index (χ3v) is 6.78. The molecule has 2 rings (SSSR count). The summed E-state index contributed by atoms with van der Waals surface area (Å²) in [6.45, 7) is 0.560. The molecule has 44 heavy (non-hydrogen) atoms. The summed E-state index contributed by atoms with van der Waals surface area (Å²) in [5.41, 5.74) is 23.9. The molecule has 13 N–H and O–H groups in total. The Hall–Kier alpha value is -4.69. The van der Waals surface area contributed by atoms with E-state index in [4.69, 9.17) is 22.9 Å². The molecular formula is C30H44N8O6. The van der Waals surface area contributed by atoms with Gasteiger partial charge in [-0.1, -0.05) is 42.5 Å². The first kappa shape index (κ1) is 35.5. The van der Waals surface area contributed by atoms with Gasteiger partial charge in [-0.05, 0) is 68.3 Å².